The van der Waals surface area contributed by atoms with Crippen LogP contribution in [0, 0.1) is 6.92 Å². The van der Waals surface area contributed by atoms with Crippen LogP contribution in [0.3, 0.4) is 0 Å². The Balaban J connectivity index is 2.06. The molecule has 120 valence electrons. The lowest BCUT2D eigenvalue weighted by molar-refractivity contribution is -0.127. The van der Waals surface area contributed by atoms with E-state index < -0.39 is 5.91 Å². The van der Waals surface area contributed by atoms with E-state index in [0.29, 0.717) is 13.1 Å². The number of nitrogens with zero attached hydrogens (tertiary/aromatic N) is 1. The van der Waals surface area contributed by atoms with E-state index in [1.165, 1.54) is 4.88 Å². The molecule has 2 rings (SSSR count). The molecule has 2 amide bonds. The van der Waals surface area contributed by atoms with E-state index in [-0.39, 0.29) is 12.3 Å². The summed E-state index contributed by atoms with van der Waals surface area (Å²) in [6.07, 6.45) is 3.52. The summed E-state index contributed by atoms with van der Waals surface area (Å²) < 4.78 is 0. The molecule has 0 aliphatic heterocycles. The number of carbonyl (C=O) groups excluding carboxylic acids is 2. The summed E-state index contributed by atoms with van der Waals surface area (Å²) in [5.41, 5.74) is 6.23. The van der Waals surface area contributed by atoms with E-state index in [4.69, 9.17) is 5.73 Å². The molecule has 0 atom stereocenters. The predicted molar refractivity (Wildman–Crippen MR) is 93.8 cm³/mol. The molecule has 0 spiro atoms. The van der Waals surface area contributed by atoms with Gasteiger partial charge >= 0.3 is 0 Å². The van der Waals surface area contributed by atoms with Gasteiger partial charge in [-0.3, -0.25) is 9.59 Å². The van der Waals surface area contributed by atoms with Crippen molar-refractivity contribution in [3.8, 4) is 0 Å². The van der Waals surface area contributed by atoms with Crippen LogP contribution in [0.5, 0.6) is 0 Å². The van der Waals surface area contributed by atoms with E-state index in [9.17, 15) is 9.59 Å². The van der Waals surface area contributed by atoms with Crippen LogP contribution in [-0.2, 0) is 16.1 Å². The SMILES string of the molecule is Cc1ccc(C=CC(=O)N(CCC(N)=O)Cc2ccccc2)s1. The van der Waals surface area contributed by atoms with Gasteiger partial charge in [0, 0.05) is 35.3 Å². The minimum Gasteiger partial charge on any atom is -0.370 e. The molecule has 1 aromatic carbocycles. The largest absolute Gasteiger partial charge is 0.370 e. The maximum atomic E-state index is 12.4. The fourth-order valence-electron chi connectivity index (χ4n) is 2.12. The van der Waals surface area contributed by atoms with Gasteiger partial charge in [-0.2, -0.15) is 0 Å². The van der Waals surface area contributed by atoms with Gasteiger partial charge in [0.05, 0.1) is 0 Å². The number of thiophene rings is 1. The molecule has 1 heterocycles. The summed E-state index contributed by atoms with van der Waals surface area (Å²) in [5.74, 6) is -0.533. The third-order valence-corrected chi connectivity index (χ3v) is 4.27. The van der Waals surface area contributed by atoms with E-state index in [2.05, 4.69) is 0 Å². The molecule has 1 aromatic heterocycles. The monoisotopic (exact) mass is 328 g/mol. The lowest BCUT2D eigenvalue weighted by Crippen LogP contribution is -2.32. The maximum Gasteiger partial charge on any atom is 0.246 e. The van der Waals surface area contributed by atoms with Crippen LogP contribution in [0.15, 0.2) is 48.5 Å². The summed E-state index contributed by atoms with van der Waals surface area (Å²) in [6.45, 7) is 2.80. The van der Waals surface area contributed by atoms with Crippen LogP contribution in [-0.4, -0.2) is 23.3 Å². The molecule has 0 fully saturated rings. The van der Waals surface area contributed by atoms with E-state index >= 15 is 0 Å². The Bertz CT molecular complexity index is 692. The Morgan fingerprint density at radius 1 is 1.17 bits per heavy atom. The first kappa shape index (κ1) is 17.0. The van der Waals surface area contributed by atoms with Crippen LogP contribution in [0.4, 0.5) is 0 Å². The van der Waals surface area contributed by atoms with Crippen molar-refractivity contribution in [2.45, 2.75) is 19.9 Å². The molecular weight excluding hydrogens is 308 g/mol. The second-order valence-electron chi connectivity index (χ2n) is 5.24. The molecule has 4 nitrogen and oxygen atoms in total. The van der Waals surface area contributed by atoms with Crippen molar-refractivity contribution in [1.29, 1.82) is 0 Å². The Morgan fingerprint density at radius 2 is 1.91 bits per heavy atom. The maximum absolute atomic E-state index is 12.4. The first-order valence-electron chi connectivity index (χ1n) is 7.40. The number of aryl methyl sites for hydroxylation is 1. The third-order valence-electron chi connectivity index (χ3n) is 3.31. The first-order chi connectivity index (χ1) is 11.0. The van der Waals surface area contributed by atoms with Crippen LogP contribution in [0.1, 0.15) is 21.7 Å². The minimum absolute atomic E-state index is 0.124. The standard InChI is InChI=1S/C18H20N2O2S/c1-14-7-8-16(23-14)9-10-18(22)20(12-11-17(19)21)13-15-5-3-2-4-6-15/h2-10H,11-13H2,1H3,(H2,19,21). The Kier molecular flexibility index (Phi) is 6.11. The summed E-state index contributed by atoms with van der Waals surface area (Å²) in [5, 5.41) is 0. The molecule has 0 saturated heterocycles. The van der Waals surface area contributed by atoms with Crippen molar-refractivity contribution in [3.63, 3.8) is 0 Å². The normalized spacial score (nSPS) is 10.8. The molecule has 0 saturated carbocycles. The summed E-state index contributed by atoms with van der Waals surface area (Å²) in [6, 6.07) is 13.7. The molecule has 2 aromatic rings. The third kappa shape index (κ3) is 5.71. The number of hydrogen-bond donors (Lipinski definition) is 1. The quantitative estimate of drug-likeness (QED) is 0.794. The Labute approximate surface area is 140 Å². The number of amides is 2. The van der Waals surface area contributed by atoms with Crippen molar-refractivity contribution in [1.82, 2.24) is 4.90 Å². The summed E-state index contributed by atoms with van der Waals surface area (Å²) >= 11 is 1.63. The highest BCUT2D eigenvalue weighted by molar-refractivity contribution is 7.12. The van der Waals surface area contributed by atoms with Crippen molar-refractivity contribution < 1.29 is 9.59 Å². The number of hydrogen-bond acceptors (Lipinski definition) is 3. The van der Waals surface area contributed by atoms with E-state index in [1.807, 2.05) is 55.5 Å². The number of nitrogens with two attached hydrogens (primary N) is 1. The van der Waals surface area contributed by atoms with Crippen LogP contribution in [0.2, 0.25) is 0 Å². The zero-order valence-corrected chi connectivity index (χ0v) is 13.9. The fourth-order valence-corrected chi connectivity index (χ4v) is 2.90. The predicted octanol–water partition coefficient (Wildman–Crippen LogP) is 2.97. The van der Waals surface area contributed by atoms with Crippen molar-refractivity contribution in [3.05, 3.63) is 63.9 Å². The Hall–Kier alpha value is -2.40. The topological polar surface area (TPSA) is 63.4 Å². The van der Waals surface area contributed by atoms with Gasteiger partial charge in [-0.05, 0) is 30.7 Å². The zero-order chi connectivity index (χ0) is 16.7. The van der Waals surface area contributed by atoms with E-state index in [1.54, 1.807) is 22.3 Å². The molecule has 2 N–H and O–H groups in total. The van der Waals surface area contributed by atoms with Gasteiger partial charge in [0.25, 0.3) is 0 Å². The van der Waals surface area contributed by atoms with Gasteiger partial charge in [0.1, 0.15) is 0 Å². The number of rotatable bonds is 7. The second kappa shape index (κ2) is 8.29. The average molecular weight is 328 g/mol. The Morgan fingerprint density at radius 3 is 2.52 bits per heavy atom. The molecule has 0 unspecified atom stereocenters. The molecule has 0 aliphatic carbocycles. The lowest BCUT2D eigenvalue weighted by atomic mass is 10.2. The molecule has 23 heavy (non-hydrogen) atoms. The molecule has 0 bridgehead atoms. The van der Waals surface area contributed by atoms with Gasteiger partial charge in [-0.15, -0.1) is 11.3 Å². The summed E-state index contributed by atoms with van der Waals surface area (Å²) in [4.78, 5) is 27.3. The van der Waals surface area contributed by atoms with Crippen LogP contribution in [0.25, 0.3) is 6.08 Å². The van der Waals surface area contributed by atoms with Gasteiger partial charge in [-0.25, -0.2) is 0 Å². The molecular formula is C18H20N2O2S. The lowest BCUT2D eigenvalue weighted by Gasteiger charge is -2.20. The number of primary amides is 1. The molecule has 5 heteroatoms. The molecule has 0 aliphatic rings. The van der Waals surface area contributed by atoms with Gasteiger partial charge in [-0.1, -0.05) is 30.3 Å². The zero-order valence-electron chi connectivity index (χ0n) is 13.1. The second-order valence-corrected chi connectivity index (χ2v) is 6.56. The van der Waals surface area contributed by atoms with Gasteiger partial charge < -0.3 is 10.6 Å². The van der Waals surface area contributed by atoms with Crippen LogP contribution < -0.4 is 5.73 Å². The highest BCUT2D eigenvalue weighted by Gasteiger charge is 2.12. The first-order valence-corrected chi connectivity index (χ1v) is 8.22. The van der Waals surface area contributed by atoms with Crippen LogP contribution >= 0.6 is 11.3 Å². The highest BCUT2D eigenvalue weighted by atomic mass is 32.1. The number of carbonyl (C=O) groups is 2. The summed E-state index contributed by atoms with van der Waals surface area (Å²) in [7, 11) is 0. The van der Waals surface area contributed by atoms with Gasteiger partial charge in [0.2, 0.25) is 11.8 Å². The average Bonchev–Trinajstić information content (AvgIpc) is 2.95. The van der Waals surface area contributed by atoms with Crippen molar-refractivity contribution >= 4 is 29.2 Å². The van der Waals surface area contributed by atoms with E-state index in [0.717, 1.165) is 10.4 Å². The van der Waals surface area contributed by atoms with Gasteiger partial charge in [0.15, 0.2) is 0 Å². The minimum atomic E-state index is -0.409. The molecule has 0 radical (unpaired) electrons. The fraction of sp³-hybridized carbons (Fsp3) is 0.222. The highest BCUT2D eigenvalue weighted by Crippen LogP contribution is 2.16. The van der Waals surface area contributed by atoms with Crippen molar-refractivity contribution in [2.75, 3.05) is 6.54 Å². The number of benzene rings is 1. The smallest absolute Gasteiger partial charge is 0.246 e. The van der Waals surface area contributed by atoms with Crippen molar-refractivity contribution in [2.24, 2.45) is 5.73 Å².